The molecule has 0 radical (unpaired) electrons. The van der Waals surface area contributed by atoms with Crippen molar-refractivity contribution in [1.82, 2.24) is 16.0 Å². The van der Waals surface area contributed by atoms with Gasteiger partial charge in [0.15, 0.2) is 5.96 Å². The van der Waals surface area contributed by atoms with Gasteiger partial charge in [-0.2, -0.15) is 0 Å². The number of rotatable bonds is 5. The Balaban J connectivity index is 0.00000363. The molecule has 0 aromatic heterocycles. The zero-order valence-corrected chi connectivity index (χ0v) is 21.7. The zero-order chi connectivity index (χ0) is 22.4. The summed E-state index contributed by atoms with van der Waals surface area (Å²) >= 11 is 0. The van der Waals surface area contributed by atoms with Gasteiger partial charge in [0.1, 0.15) is 11.4 Å². The number of hydrogen-bond donors (Lipinski definition) is 4. The van der Waals surface area contributed by atoms with Crippen LogP contribution in [0.4, 0.5) is 10.5 Å². The summed E-state index contributed by atoms with van der Waals surface area (Å²) in [5, 5.41) is 12.6. The summed E-state index contributed by atoms with van der Waals surface area (Å²) in [6, 6.07) is 15.9. The van der Waals surface area contributed by atoms with E-state index in [1.165, 1.54) is 0 Å². The minimum Gasteiger partial charge on any atom is -0.487 e. The normalized spacial score (nSPS) is 16.8. The number of aliphatic imine (C=N–C) groups is 1. The van der Waals surface area contributed by atoms with Crippen LogP contribution in [0.5, 0.6) is 5.75 Å². The molecule has 1 heterocycles. The predicted molar refractivity (Wildman–Crippen MR) is 141 cm³/mol. The lowest BCUT2D eigenvalue weighted by Gasteiger charge is -2.38. The molecule has 0 fully saturated rings. The average molecular weight is 551 g/mol. The highest BCUT2D eigenvalue weighted by Gasteiger charge is 2.33. The first-order valence-corrected chi connectivity index (χ1v) is 10.7. The van der Waals surface area contributed by atoms with Gasteiger partial charge in [0.25, 0.3) is 0 Å². The van der Waals surface area contributed by atoms with Crippen LogP contribution in [0.1, 0.15) is 51.3 Å². The molecule has 4 N–H and O–H groups in total. The van der Waals surface area contributed by atoms with E-state index in [-0.39, 0.29) is 47.7 Å². The zero-order valence-electron chi connectivity index (χ0n) is 19.4. The van der Waals surface area contributed by atoms with Gasteiger partial charge < -0.3 is 26.0 Å². The molecule has 2 amide bonds. The first kappa shape index (κ1) is 25.8. The van der Waals surface area contributed by atoms with Gasteiger partial charge in [-0.1, -0.05) is 30.3 Å². The SMILES string of the molecule is CN=C(NCc1ccc(NC(=O)NC(C)C)cc1)NC1CC(C)(C)Oc2ccccc21.I. The van der Waals surface area contributed by atoms with Crippen molar-refractivity contribution in [3.05, 3.63) is 59.7 Å². The van der Waals surface area contributed by atoms with E-state index in [1.807, 2.05) is 56.3 Å². The maximum atomic E-state index is 11.8. The van der Waals surface area contributed by atoms with Crippen molar-refractivity contribution >= 4 is 41.7 Å². The van der Waals surface area contributed by atoms with Crippen LogP contribution in [0.2, 0.25) is 0 Å². The Labute approximate surface area is 207 Å². The van der Waals surface area contributed by atoms with Gasteiger partial charge in [0.05, 0.1) is 6.04 Å². The number of hydrogen-bond acceptors (Lipinski definition) is 3. The first-order chi connectivity index (χ1) is 14.8. The summed E-state index contributed by atoms with van der Waals surface area (Å²) < 4.78 is 6.12. The number of carbonyl (C=O) groups is 1. The number of ether oxygens (including phenoxy) is 1. The number of carbonyl (C=O) groups excluding carboxylic acids is 1. The smallest absolute Gasteiger partial charge is 0.319 e. The van der Waals surface area contributed by atoms with Crippen molar-refractivity contribution in [2.45, 2.75) is 58.3 Å². The number of anilines is 1. The molecular weight excluding hydrogens is 517 g/mol. The number of amides is 2. The molecule has 8 heteroatoms. The molecule has 0 spiro atoms. The van der Waals surface area contributed by atoms with Gasteiger partial charge in [0.2, 0.25) is 0 Å². The van der Waals surface area contributed by atoms with Crippen molar-refractivity contribution in [2.24, 2.45) is 4.99 Å². The number of para-hydroxylation sites is 1. The minimum absolute atomic E-state index is 0. The largest absolute Gasteiger partial charge is 0.487 e. The van der Waals surface area contributed by atoms with Crippen molar-refractivity contribution in [3.8, 4) is 5.75 Å². The summed E-state index contributed by atoms with van der Waals surface area (Å²) in [7, 11) is 1.77. The number of nitrogens with one attached hydrogen (secondary N) is 4. The molecule has 2 aromatic carbocycles. The predicted octanol–water partition coefficient (Wildman–Crippen LogP) is 4.80. The monoisotopic (exact) mass is 551 g/mol. The van der Waals surface area contributed by atoms with E-state index >= 15 is 0 Å². The molecule has 0 bridgehead atoms. The molecule has 0 aliphatic carbocycles. The third-order valence-corrected chi connectivity index (χ3v) is 5.00. The summed E-state index contributed by atoms with van der Waals surface area (Å²) in [6.07, 6.45) is 0.837. The van der Waals surface area contributed by atoms with E-state index in [4.69, 9.17) is 4.74 Å². The summed E-state index contributed by atoms with van der Waals surface area (Å²) in [5.41, 5.74) is 2.73. The van der Waals surface area contributed by atoms with Crippen LogP contribution >= 0.6 is 24.0 Å². The number of guanidine groups is 1. The summed E-state index contributed by atoms with van der Waals surface area (Å²) in [5.74, 6) is 1.65. The van der Waals surface area contributed by atoms with Crippen molar-refractivity contribution in [2.75, 3.05) is 12.4 Å². The molecule has 1 atom stereocenters. The molecular formula is C24H34IN5O2. The summed E-state index contributed by atoms with van der Waals surface area (Å²) in [4.78, 5) is 16.2. The lowest BCUT2D eigenvalue weighted by molar-refractivity contribution is 0.0694. The third kappa shape index (κ3) is 7.29. The number of nitrogens with zero attached hydrogens (tertiary/aromatic N) is 1. The number of urea groups is 1. The molecule has 0 saturated carbocycles. The van der Waals surface area contributed by atoms with Gasteiger partial charge in [-0.3, -0.25) is 4.99 Å². The average Bonchev–Trinajstić information content (AvgIpc) is 2.70. The molecule has 1 aliphatic heterocycles. The molecule has 2 aromatic rings. The quantitative estimate of drug-likeness (QED) is 0.244. The van der Waals surface area contributed by atoms with Crippen LogP contribution in [0, 0.1) is 0 Å². The van der Waals surface area contributed by atoms with E-state index in [9.17, 15) is 4.79 Å². The van der Waals surface area contributed by atoms with Gasteiger partial charge in [0, 0.05) is 37.3 Å². The van der Waals surface area contributed by atoms with E-state index in [1.54, 1.807) is 7.05 Å². The molecule has 3 rings (SSSR count). The first-order valence-electron chi connectivity index (χ1n) is 10.7. The van der Waals surface area contributed by atoms with Crippen LogP contribution in [-0.4, -0.2) is 30.7 Å². The Morgan fingerprint density at radius 3 is 2.50 bits per heavy atom. The van der Waals surface area contributed by atoms with Crippen molar-refractivity contribution in [1.29, 1.82) is 0 Å². The Morgan fingerprint density at radius 1 is 1.16 bits per heavy atom. The molecule has 32 heavy (non-hydrogen) atoms. The van der Waals surface area contributed by atoms with Crippen LogP contribution < -0.4 is 26.0 Å². The van der Waals surface area contributed by atoms with Gasteiger partial charge in [-0.05, 0) is 51.5 Å². The highest BCUT2D eigenvalue weighted by molar-refractivity contribution is 14.0. The van der Waals surface area contributed by atoms with Crippen molar-refractivity contribution < 1.29 is 9.53 Å². The van der Waals surface area contributed by atoms with Crippen LogP contribution in [0.15, 0.2) is 53.5 Å². The van der Waals surface area contributed by atoms with E-state index in [0.29, 0.717) is 6.54 Å². The molecule has 1 aliphatic rings. The third-order valence-electron chi connectivity index (χ3n) is 5.00. The fourth-order valence-electron chi connectivity index (χ4n) is 3.61. The van der Waals surface area contributed by atoms with Gasteiger partial charge in [-0.25, -0.2) is 4.79 Å². The highest BCUT2D eigenvalue weighted by Crippen LogP contribution is 2.39. The van der Waals surface area contributed by atoms with Crippen molar-refractivity contribution in [3.63, 3.8) is 0 Å². The fourth-order valence-corrected chi connectivity index (χ4v) is 3.61. The van der Waals surface area contributed by atoms with Gasteiger partial charge >= 0.3 is 6.03 Å². The topological polar surface area (TPSA) is 86.8 Å². The Bertz CT molecular complexity index is 928. The van der Waals surface area contributed by atoms with Gasteiger partial charge in [-0.15, -0.1) is 24.0 Å². The number of benzene rings is 2. The second kappa shape index (κ2) is 11.4. The molecule has 174 valence electrons. The molecule has 1 unspecified atom stereocenters. The van der Waals surface area contributed by atoms with Crippen LogP contribution in [-0.2, 0) is 6.54 Å². The van der Waals surface area contributed by atoms with Crippen LogP contribution in [0.25, 0.3) is 0 Å². The highest BCUT2D eigenvalue weighted by atomic mass is 127. The second-order valence-corrected chi connectivity index (χ2v) is 8.68. The Kier molecular flexibility index (Phi) is 9.18. The Morgan fingerprint density at radius 2 is 1.84 bits per heavy atom. The van der Waals surface area contributed by atoms with E-state index in [0.717, 1.165) is 34.9 Å². The lowest BCUT2D eigenvalue weighted by atomic mass is 9.90. The number of halogens is 1. The van der Waals surface area contributed by atoms with E-state index < -0.39 is 0 Å². The Hall–Kier alpha value is -2.49. The maximum absolute atomic E-state index is 11.8. The second-order valence-electron chi connectivity index (χ2n) is 8.68. The molecule has 0 saturated heterocycles. The lowest BCUT2D eigenvalue weighted by Crippen LogP contribution is -2.45. The fraction of sp³-hybridized carbons (Fsp3) is 0.417. The molecule has 7 nitrogen and oxygen atoms in total. The minimum atomic E-state index is -0.254. The van der Waals surface area contributed by atoms with Crippen LogP contribution in [0.3, 0.4) is 0 Å². The standard InChI is InChI=1S/C24H33N5O2.HI/c1-16(2)27-23(30)28-18-12-10-17(11-13-18)15-26-22(25-5)29-20-14-24(3,4)31-21-9-7-6-8-19(20)21;/h6-13,16,20H,14-15H2,1-5H3,(H2,25,26,29)(H2,27,28,30);1H. The number of fused-ring (bicyclic) bond motifs is 1. The van der Waals surface area contributed by atoms with E-state index in [2.05, 4.69) is 46.2 Å². The maximum Gasteiger partial charge on any atom is 0.319 e. The summed E-state index contributed by atoms with van der Waals surface area (Å²) in [6.45, 7) is 8.67.